The summed E-state index contributed by atoms with van der Waals surface area (Å²) in [6, 6.07) is 22.0. The molecule has 2 aromatic heterocycles. The fourth-order valence-corrected chi connectivity index (χ4v) is 5.59. The maximum atomic E-state index is 13.1. The SMILES string of the molecule is O=C(Nc1ccccc1S(=O)(=O)c1ccccc1)NC(Cc1ccc(Oc2nccc3cnccc23)cc1)C(=O)O. The number of carbonyl (C=O) groups is 2. The zero-order valence-corrected chi connectivity index (χ0v) is 22.3. The van der Waals surface area contributed by atoms with Gasteiger partial charge in [-0.1, -0.05) is 42.5 Å². The van der Waals surface area contributed by atoms with E-state index in [9.17, 15) is 23.1 Å². The van der Waals surface area contributed by atoms with Gasteiger partial charge in [0.15, 0.2) is 0 Å². The number of hydrogen-bond donors (Lipinski definition) is 3. The normalized spacial score (nSPS) is 11.9. The molecule has 0 fully saturated rings. The van der Waals surface area contributed by atoms with Crippen LogP contribution in [0.4, 0.5) is 10.5 Å². The molecule has 41 heavy (non-hydrogen) atoms. The summed E-state index contributed by atoms with van der Waals surface area (Å²) < 4.78 is 32.2. The van der Waals surface area contributed by atoms with Crippen molar-refractivity contribution in [3.05, 3.63) is 115 Å². The van der Waals surface area contributed by atoms with E-state index in [0.717, 1.165) is 10.8 Å². The number of amides is 2. The zero-order valence-electron chi connectivity index (χ0n) is 21.5. The molecular weight excluding hydrogens is 544 g/mol. The minimum absolute atomic E-state index is 0.0226. The molecule has 1 unspecified atom stereocenters. The minimum Gasteiger partial charge on any atom is -0.480 e. The van der Waals surface area contributed by atoms with Crippen LogP contribution in [0.5, 0.6) is 11.6 Å². The number of nitrogens with one attached hydrogen (secondary N) is 2. The van der Waals surface area contributed by atoms with E-state index in [-0.39, 0.29) is 21.9 Å². The highest BCUT2D eigenvalue weighted by Gasteiger charge is 2.24. The predicted octanol–water partition coefficient (Wildman–Crippen LogP) is 5.07. The highest BCUT2D eigenvalue weighted by molar-refractivity contribution is 7.91. The number of sulfone groups is 1. The fourth-order valence-electron chi connectivity index (χ4n) is 4.16. The Kier molecular flexibility index (Phi) is 7.88. The van der Waals surface area contributed by atoms with Crippen molar-refractivity contribution in [1.82, 2.24) is 15.3 Å². The fraction of sp³-hybridized carbons (Fsp3) is 0.0667. The third kappa shape index (κ3) is 6.31. The molecule has 0 aliphatic rings. The van der Waals surface area contributed by atoms with E-state index in [4.69, 9.17) is 4.74 Å². The van der Waals surface area contributed by atoms with Crippen LogP contribution in [0, 0.1) is 0 Å². The number of carbonyl (C=O) groups excluding carboxylic acids is 1. The molecule has 0 saturated carbocycles. The van der Waals surface area contributed by atoms with Crippen molar-refractivity contribution >= 4 is 38.3 Å². The first-order valence-electron chi connectivity index (χ1n) is 12.5. The summed E-state index contributed by atoms with van der Waals surface area (Å²) in [5.74, 6) is -0.340. The monoisotopic (exact) mass is 568 g/mol. The van der Waals surface area contributed by atoms with Gasteiger partial charge in [-0.05, 0) is 54.1 Å². The largest absolute Gasteiger partial charge is 0.480 e. The van der Waals surface area contributed by atoms with Crippen molar-refractivity contribution in [2.45, 2.75) is 22.3 Å². The smallest absolute Gasteiger partial charge is 0.326 e. The molecule has 206 valence electrons. The number of rotatable bonds is 9. The highest BCUT2D eigenvalue weighted by atomic mass is 32.2. The number of para-hydroxylation sites is 1. The van der Waals surface area contributed by atoms with E-state index in [2.05, 4.69) is 20.6 Å². The highest BCUT2D eigenvalue weighted by Crippen LogP contribution is 2.28. The molecule has 2 heterocycles. The summed E-state index contributed by atoms with van der Waals surface area (Å²) in [6.07, 6.45) is 4.96. The van der Waals surface area contributed by atoms with Gasteiger partial charge < -0.3 is 20.5 Å². The van der Waals surface area contributed by atoms with Gasteiger partial charge in [-0.2, -0.15) is 0 Å². The second-order valence-corrected chi connectivity index (χ2v) is 10.9. The number of hydrogen-bond acceptors (Lipinski definition) is 7. The summed E-state index contributed by atoms with van der Waals surface area (Å²) in [7, 11) is -3.93. The molecule has 0 radical (unpaired) electrons. The summed E-state index contributed by atoms with van der Waals surface area (Å²) in [5, 5.41) is 16.3. The first-order chi connectivity index (χ1) is 19.8. The van der Waals surface area contributed by atoms with Gasteiger partial charge in [-0.25, -0.2) is 23.0 Å². The number of anilines is 1. The number of carboxylic acids is 1. The van der Waals surface area contributed by atoms with Crippen molar-refractivity contribution in [3.8, 4) is 11.6 Å². The Morgan fingerprint density at radius 1 is 0.878 bits per heavy atom. The standard InChI is InChI=1S/C30H24N4O6S/c35-29(36)26(18-20-10-12-22(13-11-20)40-28-24-15-16-31-19-21(24)14-17-32-28)34-30(37)33-25-8-4-5-9-27(25)41(38,39)23-6-2-1-3-7-23/h1-17,19,26H,18H2,(H,35,36)(H2,33,34,37). The van der Waals surface area contributed by atoms with Gasteiger partial charge in [-0.3, -0.25) is 4.98 Å². The summed E-state index contributed by atoms with van der Waals surface area (Å²) in [5.41, 5.74) is 0.657. The van der Waals surface area contributed by atoms with Crippen LogP contribution in [0.1, 0.15) is 5.56 Å². The molecule has 1 atom stereocenters. The lowest BCUT2D eigenvalue weighted by Crippen LogP contribution is -2.44. The van der Waals surface area contributed by atoms with Gasteiger partial charge in [-0.15, -0.1) is 0 Å². The molecule has 3 N–H and O–H groups in total. The third-order valence-electron chi connectivity index (χ3n) is 6.19. The number of aromatic nitrogens is 2. The Morgan fingerprint density at radius 2 is 1.61 bits per heavy atom. The van der Waals surface area contributed by atoms with Crippen molar-refractivity contribution in [1.29, 1.82) is 0 Å². The van der Waals surface area contributed by atoms with Crippen LogP contribution < -0.4 is 15.4 Å². The molecule has 11 heteroatoms. The summed E-state index contributed by atoms with van der Waals surface area (Å²) in [6.45, 7) is 0. The topological polar surface area (TPSA) is 148 Å². The lowest BCUT2D eigenvalue weighted by atomic mass is 10.1. The number of aliphatic carboxylic acids is 1. The van der Waals surface area contributed by atoms with Crippen LogP contribution in [0.2, 0.25) is 0 Å². The Labute approximate surface area is 235 Å². The zero-order chi connectivity index (χ0) is 28.8. The second kappa shape index (κ2) is 11.8. The molecule has 0 bridgehead atoms. The lowest BCUT2D eigenvalue weighted by Gasteiger charge is -2.17. The van der Waals surface area contributed by atoms with Crippen LogP contribution in [-0.4, -0.2) is 41.5 Å². The van der Waals surface area contributed by atoms with Crippen molar-refractivity contribution in [2.24, 2.45) is 0 Å². The van der Waals surface area contributed by atoms with Crippen LogP contribution >= 0.6 is 0 Å². The molecule has 2 amide bonds. The van der Waals surface area contributed by atoms with Crippen LogP contribution in [0.3, 0.4) is 0 Å². The molecule has 0 spiro atoms. The Morgan fingerprint density at radius 3 is 2.37 bits per heavy atom. The van der Waals surface area contributed by atoms with Crippen molar-refractivity contribution in [3.63, 3.8) is 0 Å². The lowest BCUT2D eigenvalue weighted by molar-refractivity contribution is -0.139. The number of fused-ring (bicyclic) bond motifs is 1. The quantitative estimate of drug-likeness (QED) is 0.223. The van der Waals surface area contributed by atoms with E-state index in [1.54, 1.807) is 79.3 Å². The van der Waals surface area contributed by atoms with E-state index in [0.29, 0.717) is 17.2 Å². The number of carboxylic acid groups (broad SMARTS) is 1. The van der Waals surface area contributed by atoms with Crippen LogP contribution in [0.15, 0.2) is 119 Å². The minimum atomic E-state index is -3.93. The molecule has 5 aromatic rings. The van der Waals surface area contributed by atoms with Gasteiger partial charge in [0.1, 0.15) is 11.8 Å². The first-order valence-corrected chi connectivity index (χ1v) is 13.9. The number of nitrogens with zero attached hydrogens (tertiary/aromatic N) is 2. The molecule has 0 saturated heterocycles. The Bertz CT molecular complexity index is 1810. The van der Waals surface area contributed by atoms with Gasteiger partial charge in [0.05, 0.1) is 15.5 Å². The van der Waals surface area contributed by atoms with Crippen LogP contribution in [-0.2, 0) is 21.1 Å². The molecule has 3 aromatic carbocycles. The average molecular weight is 569 g/mol. The van der Waals surface area contributed by atoms with Gasteiger partial charge in [0.25, 0.3) is 0 Å². The number of benzene rings is 3. The summed E-state index contributed by atoms with van der Waals surface area (Å²) in [4.78, 5) is 33.1. The van der Waals surface area contributed by atoms with E-state index >= 15 is 0 Å². The Hall–Kier alpha value is -5.29. The van der Waals surface area contributed by atoms with Gasteiger partial charge in [0.2, 0.25) is 15.7 Å². The molecular formula is C30H24N4O6S. The van der Waals surface area contributed by atoms with Crippen molar-refractivity contribution < 1.29 is 27.9 Å². The van der Waals surface area contributed by atoms with Crippen molar-refractivity contribution in [2.75, 3.05) is 5.32 Å². The molecule has 0 aliphatic carbocycles. The third-order valence-corrected chi connectivity index (χ3v) is 8.02. The van der Waals surface area contributed by atoms with Gasteiger partial charge in [0, 0.05) is 35.8 Å². The number of urea groups is 1. The maximum Gasteiger partial charge on any atom is 0.326 e. The molecule has 0 aliphatic heterocycles. The second-order valence-electron chi connectivity index (χ2n) is 8.96. The van der Waals surface area contributed by atoms with Gasteiger partial charge >= 0.3 is 12.0 Å². The number of pyridine rings is 2. The summed E-state index contributed by atoms with van der Waals surface area (Å²) >= 11 is 0. The Balaban J connectivity index is 1.26. The maximum absolute atomic E-state index is 13.1. The first kappa shape index (κ1) is 27.3. The predicted molar refractivity (Wildman–Crippen MR) is 152 cm³/mol. The van der Waals surface area contributed by atoms with E-state index < -0.39 is 27.9 Å². The van der Waals surface area contributed by atoms with E-state index in [1.807, 2.05) is 6.07 Å². The average Bonchev–Trinajstić information content (AvgIpc) is 2.98. The number of ether oxygens (including phenoxy) is 1. The van der Waals surface area contributed by atoms with E-state index in [1.165, 1.54) is 24.3 Å². The molecule has 10 nitrogen and oxygen atoms in total. The molecule has 5 rings (SSSR count). The van der Waals surface area contributed by atoms with Crippen LogP contribution in [0.25, 0.3) is 10.8 Å².